The van der Waals surface area contributed by atoms with Gasteiger partial charge in [-0.1, -0.05) is 11.6 Å². The lowest BCUT2D eigenvalue weighted by Gasteiger charge is -2.12. The van der Waals surface area contributed by atoms with E-state index in [1.165, 1.54) is 18.3 Å². The molecular weight excluding hydrogens is 396 g/mol. The molecule has 1 saturated carbocycles. The van der Waals surface area contributed by atoms with E-state index >= 15 is 0 Å². The van der Waals surface area contributed by atoms with Crippen molar-refractivity contribution in [2.45, 2.75) is 18.9 Å². The molecule has 4 rings (SSSR count). The molecule has 8 nitrogen and oxygen atoms in total. The summed E-state index contributed by atoms with van der Waals surface area (Å²) >= 11 is 6.27. The van der Waals surface area contributed by atoms with Crippen LogP contribution in [0, 0.1) is 0 Å². The Labute approximate surface area is 170 Å². The number of amides is 3. The minimum atomic E-state index is -0.762. The Kier molecular flexibility index (Phi) is 4.85. The summed E-state index contributed by atoms with van der Waals surface area (Å²) in [6.07, 6.45) is 3.49. The molecule has 1 aliphatic rings. The maximum atomic E-state index is 11.9. The number of benzene rings is 2. The Hall–Kier alpha value is -3.52. The first kappa shape index (κ1) is 18.8. The average Bonchev–Trinajstić information content (AvgIpc) is 3.47. The standard InChI is InChI=1S/C20H17ClN4O4/c21-14-7-11(3-4-15(14)25-20(28)24-10-1-2-10)29-18-5-6-23-16-9-17(26)13(19(22)27)8-12(16)18/h3-10,26H,1-2H2,(H2,22,27)(H2,24,25,28). The van der Waals surface area contributed by atoms with Gasteiger partial charge in [0, 0.05) is 29.8 Å². The zero-order valence-electron chi connectivity index (χ0n) is 15.1. The summed E-state index contributed by atoms with van der Waals surface area (Å²) < 4.78 is 5.90. The maximum absolute atomic E-state index is 11.9. The van der Waals surface area contributed by atoms with Gasteiger partial charge >= 0.3 is 6.03 Å². The van der Waals surface area contributed by atoms with Crippen LogP contribution in [-0.2, 0) is 0 Å². The number of urea groups is 1. The van der Waals surface area contributed by atoms with Gasteiger partial charge in [0.15, 0.2) is 0 Å². The Bertz CT molecular complexity index is 1130. The molecule has 9 heteroatoms. The van der Waals surface area contributed by atoms with E-state index in [1.54, 1.807) is 24.3 Å². The number of phenols is 1. The van der Waals surface area contributed by atoms with Crippen molar-refractivity contribution in [2.24, 2.45) is 5.73 Å². The first-order valence-corrected chi connectivity index (χ1v) is 9.25. The second-order valence-corrected chi connectivity index (χ2v) is 7.08. The molecule has 0 aliphatic heterocycles. The number of aromatic hydroxyl groups is 1. The van der Waals surface area contributed by atoms with Crippen molar-refractivity contribution in [1.82, 2.24) is 10.3 Å². The van der Waals surface area contributed by atoms with E-state index in [2.05, 4.69) is 15.6 Å². The van der Waals surface area contributed by atoms with Gasteiger partial charge in [-0.15, -0.1) is 0 Å². The highest BCUT2D eigenvalue weighted by atomic mass is 35.5. The number of rotatable bonds is 5. The van der Waals surface area contributed by atoms with Crippen molar-refractivity contribution in [1.29, 1.82) is 0 Å². The third-order valence-corrected chi connectivity index (χ3v) is 4.73. The second-order valence-electron chi connectivity index (χ2n) is 6.68. The van der Waals surface area contributed by atoms with Gasteiger partial charge in [0.05, 0.1) is 21.8 Å². The van der Waals surface area contributed by atoms with Crippen LogP contribution in [0.25, 0.3) is 10.9 Å². The molecule has 0 atom stereocenters. The number of carbonyl (C=O) groups excluding carboxylic acids is 2. The van der Waals surface area contributed by atoms with Gasteiger partial charge in [-0.2, -0.15) is 0 Å². The Balaban J connectivity index is 1.59. The van der Waals surface area contributed by atoms with Crippen LogP contribution in [0.3, 0.4) is 0 Å². The summed E-state index contributed by atoms with van der Waals surface area (Å²) in [6.45, 7) is 0. The summed E-state index contributed by atoms with van der Waals surface area (Å²) in [4.78, 5) is 27.6. The second kappa shape index (κ2) is 7.48. The fourth-order valence-electron chi connectivity index (χ4n) is 2.80. The lowest BCUT2D eigenvalue weighted by Crippen LogP contribution is -2.30. The molecule has 1 fully saturated rings. The smallest absolute Gasteiger partial charge is 0.319 e. The zero-order valence-corrected chi connectivity index (χ0v) is 15.9. The van der Waals surface area contributed by atoms with E-state index in [1.807, 2.05) is 0 Å². The normalized spacial score (nSPS) is 13.1. The van der Waals surface area contributed by atoms with E-state index < -0.39 is 5.91 Å². The molecule has 1 aromatic heterocycles. The highest BCUT2D eigenvalue weighted by molar-refractivity contribution is 6.33. The largest absolute Gasteiger partial charge is 0.507 e. The number of primary amides is 1. The molecule has 148 valence electrons. The third kappa shape index (κ3) is 4.17. The summed E-state index contributed by atoms with van der Waals surface area (Å²) in [7, 11) is 0. The average molecular weight is 413 g/mol. The number of hydrogen-bond donors (Lipinski definition) is 4. The number of aromatic nitrogens is 1. The molecule has 1 aliphatic carbocycles. The van der Waals surface area contributed by atoms with Gasteiger partial charge < -0.3 is 26.2 Å². The van der Waals surface area contributed by atoms with Crippen LogP contribution in [0.1, 0.15) is 23.2 Å². The number of halogens is 1. The third-order valence-electron chi connectivity index (χ3n) is 4.41. The van der Waals surface area contributed by atoms with Gasteiger partial charge in [-0.05, 0) is 37.1 Å². The van der Waals surface area contributed by atoms with Gasteiger partial charge in [0.1, 0.15) is 17.2 Å². The highest BCUT2D eigenvalue weighted by Gasteiger charge is 2.23. The van der Waals surface area contributed by atoms with E-state index in [4.69, 9.17) is 22.1 Å². The van der Waals surface area contributed by atoms with Crippen molar-refractivity contribution in [3.8, 4) is 17.2 Å². The van der Waals surface area contributed by atoms with Gasteiger partial charge in [0.25, 0.3) is 5.91 Å². The molecule has 0 radical (unpaired) electrons. The minimum Gasteiger partial charge on any atom is -0.507 e. The highest BCUT2D eigenvalue weighted by Crippen LogP contribution is 2.35. The molecule has 0 unspecified atom stereocenters. The maximum Gasteiger partial charge on any atom is 0.319 e. The van der Waals surface area contributed by atoms with Crippen molar-refractivity contribution < 1.29 is 19.4 Å². The predicted molar refractivity (Wildman–Crippen MR) is 109 cm³/mol. The van der Waals surface area contributed by atoms with Crippen LogP contribution in [0.15, 0.2) is 42.6 Å². The minimum absolute atomic E-state index is 0.0328. The van der Waals surface area contributed by atoms with Crippen molar-refractivity contribution in [2.75, 3.05) is 5.32 Å². The zero-order chi connectivity index (χ0) is 20.5. The van der Waals surface area contributed by atoms with Crippen molar-refractivity contribution in [3.05, 3.63) is 53.2 Å². The number of hydrogen-bond acceptors (Lipinski definition) is 5. The molecule has 5 N–H and O–H groups in total. The van der Waals surface area contributed by atoms with Crippen LogP contribution < -0.4 is 21.1 Å². The molecule has 0 spiro atoms. The fourth-order valence-corrected chi connectivity index (χ4v) is 3.02. The topological polar surface area (TPSA) is 127 Å². The molecule has 0 bridgehead atoms. The summed E-state index contributed by atoms with van der Waals surface area (Å²) in [5.41, 5.74) is 6.16. The number of nitrogens with zero attached hydrogens (tertiary/aromatic N) is 1. The molecule has 2 aromatic carbocycles. The monoisotopic (exact) mass is 412 g/mol. The van der Waals surface area contributed by atoms with E-state index in [0.29, 0.717) is 33.1 Å². The first-order valence-electron chi connectivity index (χ1n) is 8.87. The summed E-state index contributed by atoms with van der Waals surface area (Å²) in [5, 5.41) is 16.2. The molecule has 0 saturated heterocycles. The van der Waals surface area contributed by atoms with Gasteiger partial charge in [-0.25, -0.2) is 4.79 Å². The number of anilines is 1. The number of fused-ring (bicyclic) bond motifs is 1. The van der Waals surface area contributed by atoms with Crippen LogP contribution in [0.2, 0.25) is 5.02 Å². The number of nitrogens with one attached hydrogen (secondary N) is 2. The van der Waals surface area contributed by atoms with Crippen LogP contribution in [0.5, 0.6) is 17.2 Å². The molecule has 1 heterocycles. The summed E-state index contributed by atoms with van der Waals surface area (Å²) in [5.74, 6) is -0.190. The predicted octanol–water partition coefficient (Wildman–Crippen LogP) is 3.77. The molecule has 3 amide bonds. The Morgan fingerprint density at radius 1 is 1.21 bits per heavy atom. The lowest BCUT2D eigenvalue weighted by molar-refractivity contribution is 0.0998. The summed E-state index contributed by atoms with van der Waals surface area (Å²) in [6, 6.07) is 9.18. The van der Waals surface area contributed by atoms with Crippen LogP contribution >= 0.6 is 11.6 Å². The van der Waals surface area contributed by atoms with E-state index in [0.717, 1.165) is 12.8 Å². The lowest BCUT2D eigenvalue weighted by atomic mass is 10.1. The van der Waals surface area contributed by atoms with Gasteiger partial charge in [0.2, 0.25) is 0 Å². The first-order chi connectivity index (χ1) is 13.9. The van der Waals surface area contributed by atoms with Crippen LogP contribution in [0.4, 0.5) is 10.5 Å². The number of ether oxygens (including phenoxy) is 1. The van der Waals surface area contributed by atoms with Crippen molar-refractivity contribution >= 4 is 40.1 Å². The SMILES string of the molecule is NC(=O)c1cc2c(Oc3ccc(NC(=O)NC4CC4)c(Cl)c3)ccnc2cc1O. The molecule has 29 heavy (non-hydrogen) atoms. The van der Waals surface area contributed by atoms with E-state index in [9.17, 15) is 14.7 Å². The Morgan fingerprint density at radius 2 is 2.00 bits per heavy atom. The number of pyridine rings is 1. The molecular formula is C20H17ClN4O4. The Morgan fingerprint density at radius 3 is 2.69 bits per heavy atom. The van der Waals surface area contributed by atoms with Crippen molar-refractivity contribution in [3.63, 3.8) is 0 Å². The van der Waals surface area contributed by atoms with E-state index in [-0.39, 0.29) is 23.4 Å². The fraction of sp³-hybridized carbons (Fsp3) is 0.150. The molecule has 3 aromatic rings. The quantitative estimate of drug-likeness (QED) is 0.507. The van der Waals surface area contributed by atoms with Gasteiger partial charge in [-0.3, -0.25) is 9.78 Å². The number of nitrogens with two attached hydrogens (primary N) is 1. The number of carbonyl (C=O) groups is 2. The van der Waals surface area contributed by atoms with Crippen LogP contribution in [-0.4, -0.2) is 28.1 Å².